The number of rotatable bonds is 14. The van der Waals surface area contributed by atoms with Gasteiger partial charge in [-0.15, -0.1) is 0 Å². The van der Waals surface area contributed by atoms with Crippen LogP contribution in [-0.2, 0) is 14.3 Å². The van der Waals surface area contributed by atoms with Crippen molar-refractivity contribution in [2.75, 3.05) is 33.9 Å². The fourth-order valence-corrected chi connectivity index (χ4v) is 2.43. The monoisotopic (exact) mass is 328 g/mol. The molecular formula is C18H36N2O3. The summed E-state index contributed by atoms with van der Waals surface area (Å²) >= 11 is 0. The maximum absolute atomic E-state index is 11.7. The molecule has 0 aliphatic rings. The molecule has 0 rings (SSSR count). The molecule has 0 saturated heterocycles. The van der Waals surface area contributed by atoms with E-state index in [0.29, 0.717) is 19.6 Å². The van der Waals surface area contributed by atoms with Gasteiger partial charge >= 0.3 is 0 Å². The van der Waals surface area contributed by atoms with Crippen LogP contribution in [0.3, 0.4) is 0 Å². The second kappa shape index (κ2) is 14.5. The van der Waals surface area contributed by atoms with Crippen molar-refractivity contribution in [1.82, 2.24) is 10.2 Å². The molecule has 0 unspecified atom stereocenters. The van der Waals surface area contributed by atoms with Gasteiger partial charge in [0.2, 0.25) is 11.8 Å². The minimum Gasteiger partial charge on any atom is -0.385 e. The fraction of sp³-hybridized carbons (Fsp3) is 0.889. The van der Waals surface area contributed by atoms with Gasteiger partial charge in [0.15, 0.2) is 0 Å². The van der Waals surface area contributed by atoms with Gasteiger partial charge < -0.3 is 15.0 Å². The van der Waals surface area contributed by atoms with Gasteiger partial charge in [0.05, 0.1) is 0 Å². The lowest BCUT2D eigenvalue weighted by Gasteiger charge is -2.19. The summed E-state index contributed by atoms with van der Waals surface area (Å²) in [5.41, 5.74) is 0. The molecule has 0 fully saturated rings. The minimum absolute atomic E-state index is 0.0839. The van der Waals surface area contributed by atoms with E-state index in [-0.39, 0.29) is 17.7 Å². The highest BCUT2D eigenvalue weighted by Gasteiger charge is 2.11. The van der Waals surface area contributed by atoms with Gasteiger partial charge in [-0.2, -0.15) is 0 Å². The third kappa shape index (κ3) is 13.1. The molecule has 5 heteroatoms. The number of hydrogen-bond acceptors (Lipinski definition) is 3. The zero-order valence-electron chi connectivity index (χ0n) is 15.5. The minimum atomic E-state index is 0.0839. The van der Waals surface area contributed by atoms with E-state index in [1.165, 1.54) is 12.8 Å². The lowest BCUT2D eigenvalue weighted by atomic mass is 10.1. The second-order valence-corrected chi connectivity index (χ2v) is 6.48. The third-order valence-corrected chi connectivity index (χ3v) is 3.86. The van der Waals surface area contributed by atoms with Crippen molar-refractivity contribution in [3.05, 3.63) is 0 Å². The van der Waals surface area contributed by atoms with Gasteiger partial charge in [-0.05, 0) is 19.3 Å². The summed E-state index contributed by atoms with van der Waals surface area (Å²) in [6.45, 7) is 6.12. The number of carbonyl (C=O) groups excluding carboxylic acids is 2. The highest BCUT2D eigenvalue weighted by atomic mass is 16.5. The van der Waals surface area contributed by atoms with Gasteiger partial charge in [-0.3, -0.25) is 9.59 Å². The maximum atomic E-state index is 11.7. The van der Waals surface area contributed by atoms with E-state index < -0.39 is 0 Å². The average Bonchev–Trinajstić information content (AvgIpc) is 2.52. The van der Waals surface area contributed by atoms with Gasteiger partial charge in [-0.1, -0.05) is 39.5 Å². The highest BCUT2D eigenvalue weighted by molar-refractivity contribution is 5.77. The van der Waals surface area contributed by atoms with E-state index in [9.17, 15) is 9.59 Å². The van der Waals surface area contributed by atoms with E-state index in [1.807, 2.05) is 25.8 Å². The summed E-state index contributed by atoms with van der Waals surface area (Å²) in [5, 5.41) is 2.90. The first-order valence-corrected chi connectivity index (χ1v) is 8.99. The van der Waals surface area contributed by atoms with Crippen molar-refractivity contribution < 1.29 is 14.3 Å². The molecular weight excluding hydrogens is 292 g/mol. The van der Waals surface area contributed by atoms with Crippen LogP contribution in [0.25, 0.3) is 0 Å². The van der Waals surface area contributed by atoms with E-state index >= 15 is 0 Å². The topological polar surface area (TPSA) is 58.6 Å². The smallest absolute Gasteiger partial charge is 0.224 e. The number of ether oxygens (including phenoxy) is 1. The zero-order valence-corrected chi connectivity index (χ0v) is 15.5. The molecule has 0 aromatic heterocycles. The number of carbonyl (C=O) groups is 2. The summed E-state index contributed by atoms with van der Waals surface area (Å²) in [7, 11) is 3.55. The van der Waals surface area contributed by atoms with Crippen LogP contribution in [0.1, 0.15) is 65.2 Å². The Balaban J connectivity index is 3.36. The van der Waals surface area contributed by atoms with Crippen LogP contribution in [0.5, 0.6) is 0 Å². The van der Waals surface area contributed by atoms with Crippen molar-refractivity contribution in [3.8, 4) is 0 Å². The van der Waals surface area contributed by atoms with E-state index in [0.717, 1.165) is 38.6 Å². The molecule has 23 heavy (non-hydrogen) atoms. The Labute approximate surface area is 142 Å². The predicted octanol–water partition coefficient (Wildman–Crippen LogP) is 2.98. The predicted molar refractivity (Wildman–Crippen MR) is 94.3 cm³/mol. The van der Waals surface area contributed by atoms with Crippen molar-refractivity contribution in [1.29, 1.82) is 0 Å². The van der Waals surface area contributed by atoms with Crippen molar-refractivity contribution in [3.63, 3.8) is 0 Å². The summed E-state index contributed by atoms with van der Waals surface area (Å²) in [4.78, 5) is 25.1. The lowest BCUT2D eigenvalue weighted by Crippen LogP contribution is -2.31. The van der Waals surface area contributed by atoms with E-state index in [4.69, 9.17) is 4.74 Å². The van der Waals surface area contributed by atoms with E-state index in [2.05, 4.69) is 5.32 Å². The number of methoxy groups -OCH3 is 1. The Morgan fingerprint density at radius 3 is 2.22 bits per heavy atom. The zero-order chi connectivity index (χ0) is 17.5. The standard InChI is InChI=1S/C18H36N2O3/c1-16(2)18(22)20(3)14-10-8-6-5-7-9-12-17(21)19-13-11-15-23-4/h16H,5-15H2,1-4H3,(H,19,21). The average molecular weight is 328 g/mol. The summed E-state index contributed by atoms with van der Waals surface area (Å²) in [6, 6.07) is 0. The molecule has 0 radical (unpaired) electrons. The van der Waals surface area contributed by atoms with Crippen molar-refractivity contribution in [2.45, 2.75) is 65.2 Å². The molecule has 0 spiro atoms. The summed E-state index contributed by atoms with van der Waals surface area (Å²) in [5.74, 6) is 0.456. The molecule has 0 aromatic carbocycles. The number of hydrogen-bond donors (Lipinski definition) is 1. The first-order chi connectivity index (χ1) is 11.0. The van der Waals surface area contributed by atoms with Gasteiger partial charge in [0.25, 0.3) is 0 Å². The van der Waals surface area contributed by atoms with Crippen LogP contribution in [-0.4, -0.2) is 50.6 Å². The number of nitrogens with one attached hydrogen (secondary N) is 1. The molecule has 0 aliphatic carbocycles. The molecule has 0 saturated carbocycles. The van der Waals surface area contributed by atoms with Crippen molar-refractivity contribution in [2.24, 2.45) is 5.92 Å². The molecule has 5 nitrogen and oxygen atoms in total. The van der Waals surface area contributed by atoms with Gasteiger partial charge in [0.1, 0.15) is 0 Å². The quantitative estimate of drug-likeness (QED) is 0.499. The maximum Gasteiger partial charge on any atom is 0.224 e. The molecule has 0 bridgehead atoms. The Bertz CT molecular complexity index is 319. The molecule has 0 heterocycles. The Hall–Kier alpha value is -1.10. The van der Waals surface area contributed by atoms with Crippen LogP contribution in [0.4, 0.5) is 0 Å². The van der Waals surface area contributed by atoms with Crippen LogP contribution < -0.4 is 5.32 Å². The number of amides is 2. The van der Waals surface area contributed by atoms with Crippen molar-refractivity contribution >= 4 is 11.8 Å². The first kappa shape index (κ1) is 21.9. The molecule has 2 amide bonds. The molecule has 0 aromatic rings. The van der Waals surface area contributed by atoms with Crippen LogP contribution in [0, 0.1) is 5.92 Å². The highest BCUT2D eigenvalue weighted by Crippen LogP contribution is 2.08. The third-order valence-electron chi connectivity index (χ3n) is 3.86. The summed E-state index contributed by atoms with van der Waals surface area (Å²) in [6.07, 6.45) is 8.12. The molecule has 136 valence electrons. The van der Waals surface area contributed by atoms with Crippen LogP contribution in [0.2, 0.25) is 0 Å². The SMILES string of the molecule is COCCCNC(=O)CCCCCCCCN(C)C(=O)C(C)C. The van der Waals surface area contributed by atoms with Gasteiger partial charge in [0, 0.05) is 46.2 Å². The second-order valence-electron chi connectivity index (χ2n) is 6.48. The van der Waals surface area contributed by atoms with Gasteiger partial charge in [-0.25, -0.2) is 0 Å². The Morgan fingerprint density at radius 1 is 1.00 bits per heavy atom. The summed E-state index contributed by atoms with van der Waals surface area (Å²) < 4.78 is 4.94. The molecule has 0 aliphatic heterocycles. The molecule has 1 N–H and O–H groups in total. The largest absolute Gasteiger partial charge is 0.385 e. The fourth-order valence-electron chi connectivity index (χ4n) is 2.43. The lowest BCUT2D eigenvalue weighted by molar-refractivity contribution is -0.133. The number of nitrogens with zero attached hydrogens (tertiary/aromatic N) is 1. The van der Waals surface area contributed by atoms with Crippen LogP contribution >= 0.6 is 0 Å². The molecule has 0 atom stereocenters. The van der Waals surface area contributed by atoms with Crippen LogP contribution in [0.15, 0.2) is 0 Å². The Kier molecular flexibility index (Phi) is 13.8. The number of unbranched alkanes of at least 4 members (excludes halogenated alkanes) is 5. The first-order valence-electron chi connectivity index (χ1n) is 8.99. The Morgan fingerprint density at radius 2 is 1.61 bits per heavy atom. The van der Waals surface area contributed by atoms with E-state index in [1.54, 1.807) is 7.11 Å². The normalized spacial score (nSPS) is 10.8.